The van der Waals surface area contributed by atoms with Crippen LogP contribution in [0.3, 0.4) is 0 Å². The largest absolute Gasteiger partial charge is 0.334 e. The lowest BCUT2D eigenvalue weighted by atomic mass is 9.79. The zero-order valence-corrected chi connectivity index (χ0v) is 19.8. The lowest BCUT2D eigenvalue weighted by Gasteiger charge is -2.35. The Kier molecular flexibility index (Phi) is 8.00. The van der Waals surface area contributed by atoms with Gasteiger partial charge in [-0.05, 0) is 55.1 Å². The second kappa shape index (κ2) is 10.3. The van der Waals surface area contributed by atoms with Gasteiger partial charge < -0.3 is 4.90 Å². The lowest BCUT2D eigenvalue weighted by Crippen LogP contribution is -2.44. The molecule has 0 N–H and O–H groups in total. The summed E-state index contributed by atoms with van der Waals surface area (Å²) < 4.78 is 24.2. The van der Waals surface area contributed by atoms with E-state index in [0.717, 1.165) is 37.2 Å². The normalized spacial score (nSPS) is 26.1. The van der Waals surface area contributed by atoms with Crippen molar-refractivity contribution in [1.29, 1.82) is 0 Å². The van der Waals surface area contributed by atoms with Gasteiger partial charge in [0, 0.05) is 18.5 Å². The van der Waals surface area contributed by atoms with E-state index in [2.05, 4.69) is 45.0 Å². The number of sulfone groups is 1. The third-order valence-corrected chi connectivity index (χ3v) is 8.84. The molecule has 1 aliphatic carbocycles. The van der Waals surface area contributed by atoms with Crippen LogP contribution in [0.2, 0.25) is 0 Å². The van der Waals surface area contributed by atoms with Crippen LogP contribution >= 0.6 is 0 Å². The van der Waals surface area contributed by atoms with Crippen LogP contribution in [0.5, 0.6) is 0 Å². The van der Waals surface area contributed by atoms with Crippen LogP contribution in [0.25, 0.3) is 0 Å². The van der Waals surface area contributed by atoms with Crippen LogP contribution in [0.1, 0.15) is 89.2 Å². The molecule has 1 aromatic carbocycles. The monoisotopic (exact) mass is 433 g/mol. The molecule has 0 aromatic heterocycles. The quantitative estimate of drug-likeness (QED) is 0.557. The minimum absolute atomic E-state index is 0.0566. The van der Waals surface area contributed by atoms with E-state index in [1.54, 1.807) is 0 Å². The topological polar surface area (TPSA) is 54.5 Å². The number of nitrogens with zero attached hydrogens (tertiary/aromatic N) is 1. The first-order valence-electron chi connectivity index (χ1n) is 11.9. The predicted octanol–water partition coefficient (Wildman–Crippen LogP) is 5.32. The Morgan fingerprint density at radius 1 is 1.07 bits per heavy atom. The minimum Gasteiger partial charge on any atom is -0.334 e. The Morgan fingerprint density at radius 2 is 1.73 bits per heavy atom. The van der Waals surface area contributed by atoms with Gasteiger partial charge in [0.1, 0.15) is 0 Å². The van der Waals surface area contributed by atoms with E-state index in [1.165, 1.54) is 24.8 Å². The highest BCUT2D eigenvalue weighted by Crippen LogP contribution is 2.34. The van der Waals surface area contributed by atoms with Crippen molar-refractivity contribution in [3.63, 3.8) is 0 Å². The van der Waals surface area contributed by atoms with Gasteiger partial charge in [-0.3, -0.25) is 4.79 Å². The molecule has 1 heterocycles. The Morgan fingerprint density at radius 3 is 2.27 bits per heavy atom. The first-order chi connectivity index (χ1) is 14.3. The number of amides is 1. The van der Waals surface area contributed by atoms with E-state index >= 15 is 0 Å². The Bertz CT molecular complexity index is 792. The van der Waals surface area contributed by atoms with E-state index in [-0.39, 0.29) is 29.4 Å². The van der Waals surface area contributed by atoms with Crippen molar-refractivity contribution in [2.75, 3.05) is 11.5 Å². The first-order valence-corrected chi connectivity index (χ1v) is 13.7. The number of carbonyl (C=O) groups excluding carboxylic acids is 1. The maximum absolute atomic E-state index is 13.5. The van der Waals surface area contributed by atoms with Crippen LogP contribution in [-0.2, 0) is 21.2 Å². The number of unbranched alkanes of at least 4 members (excludes halogenated alkanes) is 1. The predicted molar refractivity (Wildman–Crippen MR) is 123 cm³/mol. The summed E-state index contributed by atoms with van der Waals surface area (Å²) in [7, 11) is -3.03. The maximum Gasteiger partial charge on any atom is 0.226 e. The van der Waals surface area contributed by atoms with Gasteiger partial charge in [-0.15, -0.1) is 0 Å². The number of carbonyl (C=O) groups is 1. The van der Waals surface area contributed by atoms with Gasteiger partial charge >= 0.3 is 0 Å². The highest BCUT2D eigenvalue weighted by atomic mass is 32.2. The van der Waals surface area contributed by atoms with Gasteiger partial charge in [-0.25, -0.2) is 8.42 Å². The van der Waals surface area contributed by atoms with Crippen molar-refractivity contribution in [2.24, 2.45) is 11.8 Å². The third kappa shape index (κ3) is 6.09. The zero-order valence-electron chi connectivity index (χ0n) is 19.0. The van der Waals surface area contributed by atoms with Crippen molar-refractivity contribution < 1.29 is 13.2 Å². The molecule has 1 saturated carbocycles. The van der Waals surface area contributed by atoms with Crippen molar-refractivity contribution in [1.82, 2.24) is 4.90 Å². The number of rotatable bonds is 8. The smallest absolute Gasteiger partial charge is 0.226 e. The summed E-state index contributed by atoms with van der Waals surface area (Å²) in [6, 6.07) is 8.28. The van der Waals surface area contributed by atoms with Gasteiger partial charge in [-0.1, -0.05) is 64.3 Å². The van der Waals surface area contributed by atoms with Crippen LogP contribution in [0.15, 0.2) is 24.3 Å². The highest BCUT2D eigenvalue weighted by molar-refractivity contribution is 7.91. The molecular formula is C25H39NO3S. The second-order valence-electron chi connectivity index (χ2n) is 9.78. The standard InChI is InChI=1S/C25H39NO3S/c1-4-5-6-20-7-13-23(14-8-20)25(27)26(24-15-16-30(28,29)18-24)17-21-9-11-22(12-10-21)19(2)3/h9-12,19-20,23-24H,4-8,13-18H2,1-3H3/t20?,23?,24-/m0/s1. The molecule has 0 spiro atoms. The number of benzene rings is 1. The molecular weight excluding hydrogens is 394 g/mol. The van der Waals surface area contributed by atoms with E-state index in [0.29, 0.717) is 18.9 Å². The molecule has 1 atom stereocenters. The molecule has 1 saturated heterocycles. The van der Waals surface area contributed by atoms with Crippen LogP contribution in [-0.4, -0.2) is 36.8 Å². The fourth-order valence-electron chi connectivity index (χ4n) is 5.04. The summed E-state index contributed by atoms with van der Waals surface area (Å²) in [5.74, 6) is 1.80. The molecule has 4 nitrogen and oxygen atoms in total. The molecule has 3 rings (SSSR count). The molecule has 1 aromatic rings. The van der Waals surface area contributed by atoms with Gasteiger partial charge in [0.25, 0.3) is 0 Å². The van der Waals surface area contributed by atoms with E-state index in [4.69, 9.17) is 0 Å². The maximum atomic E-state index is 13.5. The molecule has 1 aliphatic heterocycles. The van der Waals surface area contributed by atoms with Gasteiger partial charge in [-0.2, -0.15) is 0 Å². The molecule has 2 fully saturated rings. The van der Waals surface area contributed by atoms with Crippen LogP contribution in [0, 0.1) is 11.8 Å². The summed E-state index contributed by atoms with van der Waals surface area (Å²) in [6.07, 6.45) is 8.55. The summed E-state index contributed by atoms with van der Waals surface area (Å²) in [6.45, 7) is 7.10. The fourth-order valence-corrected chi connectivity index (χ4v) is 6.77. The van der Waals surface area contributed by atoms with E-state index in [1.807, 2.05) is 4.90 Å². The Hall–Kier alpha value is -1.36. The SMILES string of the molecule is CCCCC1CCC(C(=O)N(Cc2ccc(C(C)C)cc2)[C@H]2CCS(=O)(=O)C2)CC1. The summed E-state index contributed by atoms with van der Waals surface area (Å²) in [5, 5.41) is 0. The average Bonchev–Trinajstić information content (AvgIpc) is 3.10. The first kappa shape index (κ1) is 23.3. The summed E-state index contributed by atoms with van der Waals surface area (Å²) in [4.78, 5) is 15.4. The van der Waals surface area contributed by atoms with Gasteiger partial charge in [0.05, 0.1) is 11.5 Å². The van der Waals surface area contributed by atoms with Crippen molar-refractivity contribution in [2.45, 2.75) is 90.6 Å². The number of hydrogen-bond donors (Lipinski definition) is 0. The number of hydrogen-bond acceptors (Lipinski definition) is 3. The van der Waals surface area contributed by atoms with E-state index in [9.17, 15) is 13.2 Å². The average molecular weight is 434 g/mol. The fraction of sp³-hybridized carbons (Fsp3) is 0.720. The molecule has 2 aliphatic rings. The van der Waals surface area contributed by atoms with Crippen molar-refractivity contribution in [3.05, 3.63) is 35.4 Å². The van der Waals surface area contributed by atoms with Crippen LogP contribution < -0.4 is 0 Å². The molecule has 1 amide bonds. The molecule has 168 valence electrons. The van der Waals surface area contributed by atoms with Crippen LogP contribution in [0.4, 0.5) is 0 Å². The van der Waals surface area contributed by atoms with E-state index < -0.39 is 9.84 Å². The molecule has 5 heteroatoms. The second-order valence-corrected chi connectivity index (χ2v) is 12.0. The van der Waals surface area contributed by atoms with Gasteiger partial charge in [0.2, 0.25) is 5.91 Å². The third-order valence-electron chi connectivity index (χ3n) is 7.09. The summed E-state index contributed by atoms with van der Waals surface area (Å²) >= 11 is 0. The highest BCUT2D eigenvalue weighted by Gasteiger charge is 2.38. The Labute approximate surface area is 183 Å². The zero-order chi connectivity index (χ0) is 21.7. The molecule has 30 heavy (non-hydrogen) atoms. The summed E-state index contributed by atoms with van der Waals surface area (Å²) in [5.41, 5.74) is 2.37. The molecule has 0 unspecified atom stereocenters. The van der Waals surface area contributed by atoms with Gasteiger partial charge in [0.15, 0.2) is 9.84 Å². The van der Waals surface area contributed by atoms with Crippen molar-refractivity contribution >= 4 is 15.7 Å². The lowest BCUT2D eigenvalue weighted by molar-refractivity contribution is -0.139. The molecule has 0 radical (unpaired) electrons. The molecule has 0 bridgehead atoms. The Balaban J connectivity index is 1.70. The minimum atomic E-state index is -3.03. The van der Waals surface area contributed by atoms with Crippen molar-refractivity contribution in [3.8, 4) is 0 Å².